The summed E-state index contributed by atoms with van der Waals surface area (Å²) >= 11 is 3.50. The second-order valence-electron chi connectivity index (χ2n) is 3.41. The molecular formula is C11H9BrN4. The fraction of sp³-hybridized carbons (Fsp3) is 0.0909. The second-order valence-corrected chi connectivity index (χ2v) is 3.98. The molecule has 0 aliphatic heterocycles. The third kappa shape index (κ3) is 1.36. The largest absolute Gasteiger partial charge is 0.301 e. The quantitative estimate of drug-likeness (QED) is 0.674. The van der Waals surface area contributed by atoms with Crippen molar-refractivity contribution in [1.29, 1.82) is 0 Å². The van der Waals surface area contributed by atoms with E-state index in [1.807, 2.05) is 35.2 Å². The molecule has 80 valence electrons. The summed E-state index contributed by atoms with van der Waals surface area (Å²) in [4.78, 5) is 8.62. The SMILES string of the molecule is BrCc1c(-n2ccnc2)nc2ccccn12. The number of alkyl halides is 1. The van der Waals surface area contributed by atoms with Crippen molar-refractivity contribution in [3.05, 3.63) is 48.8 Å². The van der Waals surface area contributed by atoms with E-state index in [0.717, 1.165) is 22.5 Å². The Balaban J connectivity index is 2.32. The molecule has 3 heterocycles. The number of imidazole rings is 2. The van der Waals surface area contributed by atoms with E-state index in [0.29, 0.717) is 0 Å². The Morgan fingerprint density at radius 1 is 1.25 bits per heavy atom. The maximum absolute atomic E-state index is 4.58. The minimum absolute atomic E-state index is 0.756. The minimum Gasteiger partial charge on any atom is -0.301 e. The number of aromatic nitrogens is 4. The van der Waals surface area contributed by atoms with Gasteiger partial charge in [0, 0.05) is 23.9 Å². The number of fused-ring (bicyclic) bond motifs is 1. The third-order valence-corrected chi connectivity index (χ3v) is 3.01. The van der Waals surface area contributed by atoms with Crippen molar-refractivity contribution in [1.82, 2.24) is 18.9 Å². The molecular weight excluding hydrogens is 268 g/mol. The minimum atomic E-state index is 0.756. The van der Waals surface area contributed by atoms with E-state index >= 15 is 0 Å². The molecule has 0 aromatic carbocycles. The van der Waals surface area contributed by atoms with Crippen LogP contribution in [0.5, 0.6) is 0 Å². The summed E-state index contributed by atoms with van der Waals surface area (Å²) in [7, 11) is 0. The number of pyridine rings is 1. The van der Waals surface area contributed by atoms with Crippen molar-refractivity contribution in [2.45, 2.75) is 5.33 Å². The maximum Gasteiger partial charge on any atom is 0.161 e. The van der Waals surface area contributed by atoms with Gasteiger partial charge in [0.05, 0.1) is 5.69 Å². The molecule has 0 aliphatic rings. The summed E-state index contributed by atoms with van der Waals surface area (Å²) in [5, 5.41) is 0.756. The van der Waals surface area contributed by atoms with Gasteiger partial charge in [0.1, 0.15) is 12.0 Å². The van der Waals surface area contributed by atoms with Crippen molar-refractivity contribution >= 4 is 21.6 Å². The second kappa shape index (κ2) is 3.75. The molecule has 0 atom stereocenters. The van der Waals surface area contributed by atoms with Crippen LogP contribution in [0.3, 0.4) is 0 Å². The molecule has 0 unspecified atom stereocenters. The molecule has 16 heavy (non-hydrogen) atoms. The standard InChI is InChI=1S/C11H9BrN4/c12-7-9-11(15-6-4-13-8-15)14-10-3-1-2-5-16(9)10/h1-6,8H,7H2. The molecule has 0 saturated heterocycles. The first-order chi connectivity index (χ1) is 7.90. The lowest BCUT2D eigenvalue weighted by Crippen LogP contribution is -1.96. The van der Waals surface area contributed by atoms with Crippen molar-refractivity contribution < 1.29 is 0 Å². The summed E-state index contributed by atoms with van der Waals surface area (Å²) in [5.41, 5.74) is 2.06. The first-order valence-electron chi connectivity index (χ1n) is 4.90. The Labute approximate surface area is 101 Å². The smallest absolute Gasteiger partial charge is 0.161 e. The highest BCUT2D eigenvalue weighted by molar-refractivity contribution is 9.08. The molecule has 0 radical (unpaired) electrons. The fourth-order valence-electron chi connectivity index (χ4n) is 1.75. The maximum atomic E-state index is 4.58. The van der Waals surface area contributed by atoms with Crippen molar-refractivity contribution in [3.63, 3.8) is 0 Å². The van der Waals surface area contributed by atoms with E-state index in [1.54, 1.807) is 12.5 Å². The highest BCUT2D eigenvalue weighted by atomic mass is 79.9. The highest BCUT2D eigenvalue weighted by Gasteiger charge is 2.11. The predicted octanol–water partition coefficient (Wildman–Crippen LogP) is 2.41. The summed E-state index contributed by atoms with van der Waals surface area (Å²) in [6, 6.07) is 5.98. The Bertz CT molecular complexity index is 612. The zero-order valence-electron chi connectivity index (χ0n) is 8.42. The number of halogens is 1. The number of hydrogen-bond acceptors (Lipinski definition) is 2. The highest BCUT2D eigenvalue weighted by Crippen LogP contribution is 2.18. The van der Waals surface area contributed by atoms with Crippen LogP contribution in [0.2, 0.25) is 0 Å². The average molecular weight is 277 g/mol. The zero-order chi connectivity index (χ0) is 11.0. The van der Waals surface area contributed by atoms with E-state index in [2.05, 4.69) is 30.3 Å². The Kier molecular flexibility index (Phi) is 2.25. The van der Waals surface area contributed by atoms with Gasteiger partial charge in [-0.3, -0.25) is 4.57 Å². The predicted molar refractivity (Wildman–Crippen MR) is 64.9 cm³/mol. The molecule has 3 rings (SSSR count). The molecule has 0 saturated carbocycles. The number of rotatable bonds is 2. The van der Waals surface area contributed by atoms with Crippen LogP contribution in [0.1, 0.15) is 5.69 Å². The van der Waals surface area contributed by atoms with Gasteiger partial charge < -0.3 is 4.40 Å². The van der Waals surface area contributed by atoms with Gasteiger partial charge in [-0.2, -0.15) is 0 Å². The lowest BCUT2D eigenvalue weighted by atomic mass is 10.4. The first kappa shape index (κ1) is 9.59. The average Bonchev–Trinajstić information content (AvgIpc) is 2.95. The van der Waals surface area contributed by atoms with E-state index in [-0.39, 0.29) is 0 Å². The fourth-order valence-corrected chi connectivity index (χ4v) is 2.27. The van der Waals surface area contributed by atoms with Crippen molar-refractivity contribution in [2.24, 2.45) is 0 Å². The van der Waals surface area contributed by atoms with Crippen molar-refractivity contribution in [3.8, 4) is 5.82 Å². The summed E-state index contributed by atoms with van der Waals surface area (Å²) in [6.07, 6.45) is 7.42. The van der Waals surface area contributed by atoms with Crippen LogP contribution >= 0.6 is 15.9 Å². The summed E-state index contributed by atoms with van der Waals surface area (Å²) < 4.78 is 3.99. The molecule has 3 aromatic heterocycles. The molecule has 0 bridgehead atoms. The van der Waals surface area contributed by atoms with E-state index in [1.165, 1.54) is 0 Å². The first-order valence-corrected chi connectivity index (χ1v) is 6.02. The molecule has 0 N–H and O–H groups in total. The van der Waals surface area contributed by atoms with Crippen LogP contribution < -0.4 is 0 Å². The Morgan fingerprint density at radius 2 is 2.19 bits per heavy atom. The molecule has 4 nitrogen and oxygen atoms in total. The molecule has 3 aromatic rings. The van der Waals surface area contributed by atoms with Crippen LogP contribution in [0.15, 0.2) is 43.1 Å². The Hall–Kier alpha value is -1.62. The number of hydrogen-bond donors (Lipinski definition) is 0. The van der Waals surface area contributed by atoms with Crippen LogP contribution in [0.25, 0.3) is 11.5 Å². The normalized spacial score (nSPS) is 11.1. The lowest BCUT2D eigenvalue weighted by Gasteiger charge is -2.00. The van der Waals surface area contributed by atoms with Gasteiger partial charge in [-0.25, -0.2) is 9.97 Å². The number of nitrogens with zero attached hydrogens (tertiary/aromatic N) is 4. The molecule has 0 spiro atoms. The van der Waals surface area contributed by atoms with E-state index in [9.17, 15) is 0 Å². The summed E-state index contributed by atoms with van der Waals surface area (Å²) in [6.45, 7) is 0. The van der Waals surface area contributed by atoms with Gasteiger partial charge in [0.15, 0.2) is 5.82 Å². The summed E-state index contributed by atoms with van der Waals surface area (Å²) in [5.74, 6) is 0.917. The van der Waals surface area contributed by atoms with Gasteiger partial charge >= 0.3 is 0 Å². The van der Waals surface area contributed by atoms with Crippen LogP contribution in [0.4, 0.5) is 0 Å². The van der Waals surface area contributed by atoms with Crippen LogP contribution in [0, 0.1) is 0 Å². The topological polar surface area (TPSA) is 35.1 Å². The van der Waals surface area contributed by atoms with Gasteiger partial charge in [-0.1, -0.05) is 22.0 Å². The third-order valence-electron chi connectivity index (χ3n) is 2.48. The van der Waals surface area contributed by atoms with Crippen molar-refractivity contribution in [2.75, 3.05) is 0 Å². The monoisotopic (exact) mass is 276 g/mol. The van der Waals surface area contributed by atoms with E-state index < -0.39 is 0 Å². The van der Waals surface area contributed by atoms with Gasteiger partial charge in [0.25, 0.3) is 0 Å². The van der Waals surface area contributed by atoms with E-state index in [4.69, 9.17) is 0 Å². The Morgan fingerprint density at radius 3 is 2.94 bits per heavy atom. The van der Waals surface area contributed by atoms with Gasteiger partial charge in [-0.15, -0.1) is 0 Å². The molecule has 0 amide bonds. The lowest BCUT2D eigenvalue weighted by molar-refractivity contribution is 0.982. The van der Waals surface area contributed by atoms with Crippen LogP contribution in [-0.2, 0) is 5.33 Å². The molecule has 5 heteroatoms. The zero-order valence-corrected chi connectivity index (χ0v) is 10.0. The molecule has 0 aliphatic carbocycles. The van der Waals surface area contributed by atoms with Gasteiger partial charge in [-0.05, 0) is 12.1 Å². The van der Waals surface area contributed by atoms with Gasteiger partial charge in [0.2, 0.25) is 0 Å². The molecule has 0 fully saturated rings. The van der Waals surface area contributed by atoms with Crippen LogP contribution in [-0.4, -0.2) is 18.9 Å².